The zero-order valence-electron chi connectivity index (χ0n) is 10.0. The van der Waals surface area contributed by atoms with Gasteiger partial charge in [-0.05, 0) is 17.7 Å². The van der Waals surface area contributed by atoms with E-state index in [9.17, 15) is 4.39 Å². The first-order valence-corrected chi connectivity index (χ1v) is 6.18. The fourth-order valence-electron chi connectivity index (χ4n) is 2.26. The largest absolute Gasteiger partial charge is 0.330 e. The lowest BCUT2D eigenvalue weighted by Crippen LogP contribution is -2.45. The average molecular weight is 237 g/mol. The lowest BCUT2D eigenvalue weighted by atomic mass is 9.98. The van der Waals surface area contributed by atoms with Crippen molar-refractivity contribution < 1.29 is 4.39 Å². The van der Waals surface area contributed by atoms with Crippen molar-refractivity contribution in [3.05, 3.63) is 35.6 Å². The van der Waals surface area contributed by atoms with Gasteiger partial charge in [0.1, 0.15) is 5.82 Å². The van der Waals surface area contributed by atoms with Crippen LogP contribution in [-0.2, 0) is 0 Å². The van der Waals surface area contributed by atoms with E-state index in [1.165, 1.54) is 12.1 Å². The van der Waals surface area contributed by atoms with E-state index in [2.05, 4.69) is 10.2 Å². The number of halogens is 1. The predicted molar refractivity (Wildman–Crippen MR) is 67.5 cm³/mol. The van der Waals surface area contributed by atoms with Crippen molar-refractivity contribution in [1.82, 2.24) is 10.2 Å². The van der Waals surface area contributed by atoms with E-state index in [4.69, 9.17) is 5.73 Å². The Balaban J connectivity index is 1.97. The Labute approximate surface area is 102 Å². The summed E-state index contributed by atoms with van der Waals surface area (Å²) in [6, 6.07) is 6.70. The molecule has 4 heteroatoms. The van der Waals surface area contributed by atoms with Gasteiger partial charge in [0.05, 0.1) is 0 Å². The maximum atomic E-state index is 12.9. The molecular formula is C13H20FN3. The lowest BCUT2D eigenvalue weighted by molar-refractivity contribution is 0.228. The second-order valence-electron chi connectivity index (χ2n) is 4.53. The third-order valence-corrected chi connectivity index (χ3v) is 3.31. The van der Waals surface area contributed by atoms with Crippen LogP contribution in [0.1, 0.15) is 11.5 Å². The van der Waals surface area contributed by atoms with Crippen molar-refractivity contribution in [3.8, 4) is 0 Å². The van der Waals surface area contributed by atoms with Gasteiger partial charge in [-0.2, -0.15) is 0 Å². The summed E-state index contributed by atoms with van der Waals surface area (Å²) in [7, 11) is 0. The molecule has 0 aliphatic carbocycles. The first kappa shape index (κ1) is 12.5. The molecule has 1 saturated heterocycles. The van der Waals surface area contributed by atoms with Crippen LogP contribution in [0.15, 0.2) is 24.3 Å². The van der Waals surface area contributed by atoms with Crippen molar-refractivity contribution in [2.45, 2.75) is 5.92 Å². The molecular weight excluding hydrogens is 217 g/mol. The van der Waals surface area contributed by atoms with Gasteiger partial charge in [-0.15, -0.1) is 0 Å². The highest BCUT2D eigenvalue weighted by atomic mass is 19.1. The van der Waals surface area contributed by atoms with Gasteiger partial charge < -0.3 is 16.0 Å². The number of hydrogen-bond acceptors (Lipinski definition) is 3. The molecule has 17 heavy (non-hydrogen) atoms. The second kappa shape index (κ2) is 6.10. The fourth-order valence-corrected chi connectivity index (χ4v) is 2.26. The Bertz CT molecular complexity index is 333. The molecule has 94 valence electrons. The number of nitrogens with one attached hydrogen (secondary N) is 1. The van der Waals surface area contributed by atoms with Crippen LogP contribution in [0.5, 0.6) is 0 Å². The summed E-state index contributed by atoms with van der Waals surface area (Å²) in [6.45, 7) is 5.79. The van der Waals surface area contributed by atoms with Crippen molar-refractivity contribution in [2.24, 2.45) is 5.73 Å². The van der Waals surface area contributed by atoms with Gasteiger partial charge in [-0.3, -0.25) is 0 Å². The molecule has 1 aromatic rings. The molecule has 1 aromatic carbocycles. The third-order valence-electron chi connectivity index (χ3n) is 3.31. The maximum Gasteiger partial charge on any atom is 0.123 e. The minimum atomic E-state index is -0.188. The van der Waals surface area contributed by atoms with Crippen molar-refractivity contribution in [1.29, 1.82) is 0 Å². The van der Waals surface area contributed by atoms with Gasteiger partial charge in [0.15, 0.2) is 0 Å². The summed E-state index contributed by atoms with van der Waals surface area (Å²) < 4.78 is 12.9. The molecule has 0 radical (unpaired) electrons. The molecule has 1 aliphatic heterocycles. The Morgan fingerprint density at radius 3 is 2.47 bits per heavy atom. The minimum Gasteiger partial charge on any atom is -0.330 e. The zero-order valence-corrected chi connectivity index (χ0v) is 10.0. The number of nitrogens with zero attached hydrogens (tertiary/aromatic N) is 1. The molecule has 1 fully saturated rings. The van der Waals surface area contributed by atoms with Gasteiger partial charge in [-0.25, -0.2) is 4.39 Å². The quantitative estimate of drug-likeness (QED) is 0.813. The molecule has 3 nitrogen and oxygen atoms in total. The highest BCUT2D eigenvalue weighted by Crippen LogP contribution is 2.16. The molecule has 0 amide bonds. The molecule has 1 atom stereocenters. The summed E-state index contributed by atoms with van der Waals surface area (Å²) in [6.07, 6.45) is 0. The van der Waals surface area contributed by atoms with Crippen LogP contribution >= 0.6 is 0 Å². The van der Waals surface area contributed by atoms with E-state index in [1.807, 2.05) is 12.1 Å². The second-order valence-corrected chi connectivity index (χ2v) is 4.53. The first-order chi connectivity index (χ1) is 8.29. The van der Waals surface area contributed by atoms with Gasteiger partial charge in [-0.1, -0.05) is 12.1 Å². The fraction of sp³-hybridized carbons (Fsp3) is 0.538. The summed E-state index contributed by atoms with van der Waals surface area (Å²) in [5.74, 6) is 0.111. The van der Waals surface area contributed by atoms with Gasteiger partial charge >= 0.3 is 0 Å². The van der Waals surface area contributed by atoms with Crippen molar-refractivity contribution in [3.63, 3.8) is 0 Å². The van der Waals surface area contributed by atoms with Gasteiger partial charge in [0.25, 0.3) is 0 Å². The maximum absolute atomic E-state index is 12.9. The average Bonchev–Trinajstić information content (AvgIpc) is 2.38. The molecule has 0 bridgehead atoms. The Kier molecular flexibility index (Phi) is 4.48. The number of benzene rings is 1. The SMILES string of the molecule is NCC(CN1CCNCC1)c1ccc(F)cc1. The highest BCUT2D eigenvalue weighted by molar-refractivity contribution is 5.21. The monoisotopic (exact) mass is 237 g/mol. The first-order valence-electron chi connectivity index (χ1n) is 6.18. The highest BCUT2D eigenvalue weighted by Gasteiger charge is 2.16. The predicted octanol–water partition coefficient (Wildman–Crippen LogP) is 0.773. The number of piperazine rings is 1. The molecule has 0 spiro atoms. The smallest absolute Gasteiger partial charge is 0.123 e. The van der Waals surface area contributed by atoms with Crippen LogP contribution in [0, 0.1) is 5.82 Å². The zero-order chi connectivity index (χ0) is 12.1. The number of nitrogens with two attached hydrogens (primary N) is 1. The van der Waals surface area contributed by atoms with E-state index in [0.717, 1.165) is 38.3 Å². The molecule has 0 saturated carbocycles. The molecule has 2 rings (SSSR count). The molecule has 1 unspecified atom stereocenters. The molecule has 3 N–H and O–H groups in total. The Morgan fingerprint density at radius 2 is 1.88 bits per heavy atom. The van der Waals surface area contributed by atoms with Gasteiger partial charge in [0.2, 0.25) is 0 Å². The number of hydrogen-bond donors (Lipinski definition) is 2. The van der Waals surface area contributed by atoms with E-state index in [0.29, 0.717) is 12.5 Å². The van der Waals surface area contributed by atoms with Crippen molar-refractivity contribution in [2.75, 3.05) is 39.3 Å². The minimum absolute atomic E-state index is 0.188. The third kappa shape index (κ3) is 3.49. The van der Waals surface area contributed by atoms with Crippen LogP contribution in [-0.4, -0.2) is 44.2 Å². The lowest BCUT2D eigenvalue weighted by Gasteiger charge is -2.30. The van der Waals surface area contributed by atoms with E-state index in [1.54, 1.807) is 0 Å². The Hall–Kier alpha value is -0.970. The summed E-state index contributed by atoms with van der Waals surface area (Å²) in [5.41, 5.74) is 6.96. The standard InChI is InChI=1S/C13H20FN3/c14-13-3-1-11(2-4-13)12(9-15)10-17-7-5-16-6-8-17/h1-4,12,16H,5-10,15H2. The number of rotatable bonds is 4. The van der Waals surface area contributed by atoms with Crippen molar-refractivity contribution >= 4 is 0 Å². The summed E-state index contributed by atoms with van der Waals surface area (Å²) >= 11 is 0. The molecule has 1 heterocycles. The van der Waals surface area contributed by atoms with Crippen LogP contribution in [0.2, 0.25) is 0 Å². The van der Waals surface area contributed by atoms with Crippen LogP contribution in [0.4, 0.5) is 4.39 Å². The van der Waals surface area contributed by atoms with Crippen LogP contribution in [0.25, 0.3) is 0 Å². The van der Waals surface area contributed by atoms with E-state index >= 15 is 0 Å². The van der Waals surface area contributed by atoms with Crippen LogP contribution < -0.4 is 11.1 Å². The normalized spacial score (nSPS) is 19.2. The summed E-state index contributed by atoms with van der Waals surface area (Å²) in [4.78, 5) is 2.41. The van der Waals surface area contributed by atoms with E-state index in [-0.39, 0.29) is 5.82 Å². The van der Waals surface area contributed by atoms with E-state index < -0.39 is 0 Å². The summed E-state index contributed by atoms with van der Waals surface area (Å²) in [5, 5.41) is 3.33. The molecule has 0 aromatic heterocycles. The molecule has 1 aliphatic rings. The van der Waals surface area contributed by atoms with Gasteiger partial charge in [0, 0.05) is 45.2 Å². The van der Waals surface area contributed by atoms with Crippen LogP contribution in [0.3, 0.4) is 0 Å². The Morgan fingerprint density at radius 1 is 1.24 bits per heavy atom. The topological polar surface area (TPSA) is 41.3 Å².